The van der Waals surface area contributed by atoms with E-state index in [1.54, 1.807) is 12.3 Å². The standard InChI is InChI=1S/C24H23N5O3S/c25-21(30)12-13-22-27-28-24(29(22)15-20-7-4-14-32-20)33-16-23(31)26-19-10-8-18(9-11-19)17-5-2-1-3-6-17/h1-11,14H,12-13,15-16H2,(H2,25,30)(H,26,31). The first kappa shape index (κ1) is 22.3. The van der Waals surface area contributed by atoms with Crippen LogP contribution in [0.1, 0.15) is 18.0 Å². The van der Waals surface area contributed by atoms with Gasteiger partial charge >= 0.3 is 0 Å². The number of hydrogen-bond acceptors (Lipinski definition) is 6. The molecular weight excluding hydrogens is 438 g/mol. The molecule has 4 aromatic rings. The summed E-state index contributed by atoms with van der Waals surface area (Å²) in [6, 6.07) is 21.4. The molecule has 0 bridgehead atoms. The third-order valence-electron chi connectivity index (χ3n) is 4.89. The molecular formula is C24H23N5O3S. The Labute approximate surface area is 195 Å². The molecule has 0 unspecified atom stereocenters. The summed E-state index contributed by atoms with van der Waals surface area (Å²) in [5.74, 6) is 0.935. The summed E-state index contributed by atoms with van der Waals surface area (Å²) in [7, 11) is 0. The molecule has 2 aromatic heterocycles. The van der Waals surface area contributed by atoms with Crippen molar-refractivity contribution in [1.29, 1.82) is 0 Å². The van der Waals surface area contributed by atoms with Gasteiger partial charge in [0.05, 0.1) is 18.6 Å². The number of carbonyl (C=O) groups is 2. The van der Waals surface area contributed by atoms with Crippen molar-refractivity contribution in [2.45, 2.75) is 24.5 Å². The quantitative estimate of drug-likeness (QED) is 0.348. The summed E-state index contributed by atoms with van der Waals surface area (Å²) >= 11 is 1.27. The molecule has 0 saturated heterocycles. The lowest BCUT2D eigenvalue weighted by Gasteiger charge is -2.09. The van der Waals surface area contributed by atoms with Crippen molar-refractivity contribution in [2.24, 2.45) is 5.73 Å². The Bertz CT molecular complexity index is 1200. The highest BCUT2D eigenvalue weighted by Gasteiger charge is 2.16. The molecule has 2 amide bonds. The Morgan fingerprint density at radius 1 is 0.970 bits per heavy atom. The minimum absolute atomic E-state index is 0.154. The monoisotopic (exact) mass is 461 g/mol. The first-order chi connectivity index (χ1) is 16.1. The Morgan fingerprint density at radius 3 is 2.42 bits per heavy atom. The number of thioether (sulfide) groups is 1. The second kappa shape index (κ2) is 10.6. The maximum Gasteiger partial charge on any atom is 0.234 e. The molecule has 2 aromatic carbocycles. The van der Waals surface area contributed by atoms with Gasteiger partial charge in [-0.1, -0.05) is 54.2 Å². The van der Waals surface area contributed by atoms with Crippen LogP contribution >= 0.6 is 11.8 Å². The number of furan rings is 1. The summed E-state index contributed by atoms with van der Waals surface area (Å²) in [6.07, 6.45) is 2.12. The van der Waals surface area contributed by atoms with Crippen LogP contribution in [0.2, 0.25) is 0 Å². The van der Waals surface area contributed by atoms with Crippen LogP contribution in [0.4, 0.5) is 5.69 Å². The Morgan fingerprint density at radius 2 is 1.73 bits per heavy atom. The lowest BCUT2D eigenvalue weighted by molar-refractivity contribution is -0.118. The molecule has 0 saturated carbocycles. The number of anilines is 1. The number of aromatic nitrogens is 3. The highest BCUT2D eigenvalue weighted by molar-refractivity contribution is 7.99. The maximum atomic E-state index is 12.5. The molecule has 0 aliphatic carbocycles. The zero-order valence-electron chi connectivity index (χ0n) is 17.8. The number of benzene rings is 2. The first-order valence-corrected chi connectivity index (χ1v) is 11.4. The van der Waals surface area contributed by atoms with Crippen molar-refractivity contribution >= 4 is 29.3 Å². The normalized spacial score (nSPS) is 10.8. The fourth-order valence-corrected chi connectivity index (χ4v) is 4.02. The molecule has 4 rings (SSSR count). The van der Waals surface area contributed by atoms with E-state index < -0.39 is 5.91 Å². The van der Waals surface area contributed by atoms with Crippen LogP contribution in [-0.2, 0) is 22.6 Å². The predicted octanol–water partition coefficient (Wildman–Crippen LogP) is 3.74. The number of primary amides is 1. The molecule has 2 heterocycles. The number of hydrogen-bond donors (Lipinski definition) is 2. The molecule has 0 radical (unpaired) electrons. The number of nitrogens with zero attached hydrogens (tertiary/aromatic N) is 3. The van der Waals surface area contributed by atoms with Gasteiger partial charge in [0.2, 0.25) is 11.8 Å². The number of rotatable bonds is 10. The van der Waals surface area contributed by atoms with Crippen LogP contribution in [0.25, 0.3) is 11.1 Å². The predicted molar refractivity (Wildman–Crippen MR) is 127 cm³/mol. The van der Waals surface area contributed by atoms with Crippen LogP contribution in [0.15, 0.2) is 82.6 Å². The zero-order chi connectivity index (χ0) is 23.0. The number of nitrogens with two attached hydrogens (primary N) is 1. The largest absolute Gasteiger partial charge is 0.467 e. The first-order valence-electron chi connectivity index (χ1n) is 10.4. The fraction of sp³-hybridized carbons (Fsp3) is 0.167. The molecule has 8 nitrogen and oxygen atoms in total. The topological polar surface area (TPSA) is 116 Å². The zero-order valence-corrected chi connectivity index (χ0v) is 18.6. The Hall–Kier alpha value is -3.85. The molecule has 0 aliphatic heterocycles. The van der Waals surface area contributed by atoms with Gasteiger partial charge in [0.1, 0.15) is 11.6 Å². The number of amides is 2. The van der Waals surface area contributed by atoms with Gasteiger partial charge in [-0.05, 0) is 35.4 Å². The fourth-order valence-electron chi connectivity index (χ4n) is 3.27. The van der Waals surface area contributed by atoms with Gasteiger partial charge < -0.3 is 15.5 Å². The molecule has 0 fully saturated rings. The van der Waals surface area contributed by atoms with Crippen LogP contribution in [-0.4, -0.2) is 32.3 Å². The molecule has 0 aliphatic rings. The summed E-state index contributed by atoms with van der Waals surface area (Å²) in [5.41, 5.74) is 8.20. The highest BCUT2D eigenvalue weighted by atomic mass is 32.2. The van der Waals surface area contributed by atoms with E-state index >= 15 is 0 Å². The highest BCUT2D eigenvalue weighted by Crippen LogP contribution is 2.23. The SMILES string of the molecule is NC(=O)CCc1nnc(SCC(=O)Nc2ccc(-c3ccccc3)cc2)n1Cc1ccco1. The van der Waals surface area contributed by atoms with E-state index in [4.69, 9.17) is 10.2 Å². The molecule has 0 spiro atoms. The Balaban J connectivity index is 1.38. The minimum Gasteiger partial charge on any atom is -0.467 e. The van der Waals surface area contributed by atoms with E-state index in [2.05, 4.69) is 15.5 Å². The molecule has 0 atom stereocenters. The van der Waals surface area contributed by atoms with Crippen molar-refractivity contribution in [3.8, 4) is 11.1 Å². The van der Waals surface area contributed by atoms with Crippen LogP contribution in [0.5, 0.6) is 0 Å². The molecule has 33 heavy (non-hydrogen) atoms. The molecule has 3 N–H and O–H groups in total. The molecule has 168 valence electrons. The van der Waals surface area contributed by atoms with Crippen LogP contribution in [0, 0.1) is 0 Å². The van der Waals surface area contributed by atoms with E-state index in [0.717, 1.165) is 22.6 Å². The van der Waals surface area contributed by atoms with Gasteiger partial charge in [0, 0.05) is 18.5 Å². The summed E-state index contributed by atoms with van der Waals surface area (Å²) in [5, 5.41) is 11.9. The van der Waals surface area contributed by atoms with Crippen molar-refractivity contribution in [3.63, 3.8) is 0 Å². The number of aryl methyl sites for hydroxylation is 1. The number of nitrogens with one attached hydrogen (secondary N) is 1. The van der Waals surface area contributed by atoms with E-state index in [-0.39, 0.29) is 18.1 Å². The lowest BCUT2D eigenvalue weighted by Crippen LogP contribution is -2.16. The van der Waals surface area contributed by atoms with Gasteiger partial charge in [-0.3, -0.25) is 14.2 Å². The maximum absolute atomic E-state index is 12.5. The van der Waals surface area contributed by atoms with Crippen molar-refractivity contribution in [3.05, 3.63) is 84.6 Å². The van der Waals surface area contributed by atoms with E-state index in [1.807, 2.05) is 65.2 Å². The van der Waals surface area contributed by atoms with Crippen molar-refractivity contribution in [1.82, 2.24) is 14.8 Å². The third-order valence-corrected chi connectivity index (χ3v) is 5.86. The minimum atomic E-state index is -0.408. The van der Waals surface area contributed by atoms with E-state index in [0.29, 0.717) is 23.9 Å². The summed E-state index contributed by atoms with van der Waals surface area (Å²) in [4.78, 5) is 23.7. The van der Waals surface area contributed by atoms with E-state index in [1.165, 1.54) is 11.8 Å². The lowest BCUT2D eigenvalue weighted by atomic mass is 10.1. The van der Waals surface area contributed by atoms with E-state index in [9.17, 15) is 9.59 Å². The van der Waals surface area contributed by atoms with Gasteiger partial charge in [0.25, 0.3) is 0 Å². The summed E-state index contributed by atoms with van der Waals surface area (Å²) < 4.78 is 7.27. The van der Waals surface area contributed by atoms with Crippen LogP contribution in [0.3, 0.4) is 0 Å². The smallest absolute Gasteiger partial charge is 0.234 e. The summed E-state index contributed by atoms with van der Waals surface area (Å²) in [6.45, 7) is 0.402. The van der Waals surface area contributed by atoms with Crippen molar-refractivity contribution < 1.29 is 14.0 Å². The third kappa shape index (κ3) is 6.11. The Kier molecular flexibility index (Phi) is 7.21. The van der Waals surface area contributed by atoms with Gasteiger partial charge in [-0.15, -0.1) is 10.2 Å². The second-order valence-electron chi connectivity index (χ2n) is 7.31. The average molecular weight is 462 g/mol. The average Bonchev–Trinajstić information content (AvgIpc) is 3.48. The van der Waals surface area contributed by atoms with Gasteiger partial charge in [-0.25, -0.2) is 0 Å². The van der Waals surface area contributed by atoms with Gasteiger partial charge in [-0.2, -0.15) is 0 Å². The second-order valence-corrected chi connectivity index (χ2v) is 8.25. The van der Waals surface area contributed by atoms with Gasteiger partial charge in [0.15, 0.2) is 5.16 Å². The van der Waals surface area contributed by atoms with Crippen LogP contribution < -0.4 is 11.1 Å². The number of carbonyl (C=O) groups excluding carboxylic acids is 2. The molecule has 9 heteroatoms. The van der Waals surface area contributed by atoms with Crippen molar-refractivity contribution in [2.75, 3.05) is 11.1 Å².